The summed E-state index contributed by atoms with van der Waals surface area (Å²) < 4.78 is 1.42. The second-order valence-electron chi connectivity index (χ2n) is 6.86. The molecule has 0 fully saturated rings. The molecule has 0 spiro atoms. The number of nitrogens with zero attached hydrogens (tertiary/aromatic N) is 4. The lowest BCUT2D eigenvalue weighted by Gasteiger charge is -2.22. The van der Waals surface area contributed by atoms with E-state index in [4.69, 9.17) is 12.2 Å². The van der Waals surface area contributed by atoms with Gasteiger partial charge in [0.1, 0.15) is 5.56 Å². The molecule has 1 aliphatic rings. The highest BCUT2D eigenvalue weighted by Crippen LogP contribution is 2.34. The molecule has 1 atom stereocenters. The number of aromatic hydroxyl groups is 1. The average molecular weight is 401 g/mol. The molecule has 0 unspecified atom stereocenters. The van der Waals surface area contributed by atoms with E-state index >= 15 is 0 Å². The number of nitrogens with one attached hydrogen (secondary N) is 1. The van der Waals surface area contributed by atoms with Gasteiger partial charge in [0.25, 0.3) is 5.56 Å². The normalized spacial score (nSPS) is 16.2. The van der Waals surface area contributed by atoms with Crippen molar-refractivity contribution in [3.8, 4) is 5.88 Å². The van der Waals surface area contributed by atoms with Crippen LogP contribution in [0.2, 0.25) is 0 Å². The number of anilines is 1. The van der Waals surface area contributed by atoms with Gasteiger partial charge in [0, 0.05) is 39.7 Å². The molecule has 0 radical (unpaired) electrons. The molecule has 1 aromatic carbocycles. The highest BCUT2D eigenvalue weighted by atomic mass is 32.1. The van der Waals surface area contributed by atoms with Crippen LogP contribution in [0.15, 0.2) is 34.2 Å². The van der Waals surface area contributed by atoms with Gasteiger partial charge in [-0.2, -0.15) is 5.10 Å². The van der Waals surface area contributed by atoms with Crippen LogP contribution in [-0.4, -0.2) is 45.4 Å². The van der Waals surface area contributed by atoms with Crippen molar-refractivity contribution in [3.63, 3.8) is 0 Å². The first-order valence-electron chi connectivity index (χ1n) is 8.94. The fourth-order valence-corrected chi connectivity index (χ4v) is 3.36. The van der Waals surface area contributed by atoms with Crippen molar-refractivity contribution in [3.05, 3.63) is 50.5 Å². The van der Waals surface area contributed by atoms with Crippen molar-refractivity contribution in [1.29, 1.82) is 0 Å². The first-order valence-corrected chi connectivity index (χ1v) is 9.34. The maximum atomic E-state index is 12.5. The van der Waals surface area contributed by atoms with E-state index in [0.29, 0.717) is 12.1 Å². The molecule has 2 heterocycles. The van der Waals surface area contributed by atoms with Crippen LogP contribution in [0.3, 0.4) is 0 Å². The molecule has 2 N–H and O–H groups in total. The Kier molecular flexibility index (Phi) is 5.37. The smallest absolute Gasteiger partial charge is 0.264 e. The van der Waals surface area contributed by atoms with Gasteiger partial charge >= 0.3 is 0 Å². The summed E-state index contributed by atoms with van der Waals surface area (Å²) in [7, 11) is 5.46. The Labute approximate surface area is 167 Å². The van der Waals surface area contributed by atoms with Gasteiger partial charge in [-0.05, 0) is 29.9 Å². The molecular weight excluding hydrogens is 378 g/mol. The van der Waals surface area contributed by atoms with E-state index in [1.165, 1.54) is 9.58 Å². The summed E-state index contributed by atoms with van der Waals surface area (Å²) in [5, 5.41) is 16.2. The van der Waals surface area contributed by atoms with Gasteiger partial charge in [-0.3, -0.25) is 19.1 Å². The Morgan fingerprint density at radius 2 is 2.00 bits per heavy atom. The Morgan fingerprint density at radius 1 is 1.36 bits per heavy atom. The number of aromatic nitrogens is 2. The number of amides is 1. The fraction of sp³-hybridized carbons (Fsp3) is 0.368. The molecule has 0 bridgehead atoms. The Bertz CT molecular complexity index is 1050. The lowest BCUT2D eigenvalue weighted by molar-refractivity contribution is -0.132. The highest BCUT2D eigenvalue weighted by molar-refractivity contribution is 7.71. The lowest BCUT2D eigenvalue weighted by atomic mass is 9.98. The van der Waals surface area contributed by atoms with Crippen molar-refractivity contribution in [2.45, 2.75) is 25.8 Å². The minimum Gasteiger partial charge on any atom is -0.494 e. The first-order chi connectivity index (χ1) is 13.2. The van der Waals surface area contributed by atoms with Crippen LogP contribution in [-0.2, 0) is 11.8 Å². The molecule has 0 saturated carbocycles. The fourth-order valence-electron chi connectivity index (χ4n) is 3.18. The molecule has 28 heavy (non-hydrogen) atoms. The molecule has 9 heteroatoms. The minimum atomic E-state index is -0.521. The van der Waals surface area contributed by atoms with Crippen LogP contribution in [0.4, 0.5) is 5.69 Å². The number of H-pyrrole nitrogens is 1. The molecule has 2 aromatic rings. The van der Waals surface area contributed by atoms with Crippen LogP contribution in [0.1, 0.15) is 36.9 Å². The number of hydrazone groups is 1. The minimum absolute atomic E-state index is 0.0393. The van der Waals surface area contributed by atoms with Gasteiger partial charge < -0.3 is 10.0 Å². The van der Waals surface area contributed by atoms with Gasteiger partial charge in [-0.1, -0.05) is 19.1 Å². The maximum Gasteiger partial charge on any atom is 0.264 e. The zero-order chi connectivity index (χ0) is 20.6. The van der Waals surface area contributed by atoms with Crippen LogP contribution >= 0.6 is 12.2 Å². The average Bonchev–Trinajstić information content (AvgIpc) is 3.10. The van der Waals surface area contributed by atoms with Crippen molar-refractivity contribution in [2.75, 3.05) is 19.0 Å². The van der Waals surface area contributed by atoms with Gasteiger partial charge in [0.2, 0.25) is 11.8 Å². The van der Waals surface area contributed by atoms with Crippen molar-refractivity contribution >= 4 is 29.5 Å². The summed E-state index contributed by atoms with van der Waals surface area (Å²) in [4.78, 5) is 29.4. The summed E-state index contributed by atoms with van der Waals surface area (Å²) in [6.45, 7) is 1.76. The summed E-state index contributed by atoms with van der Waals surface area (Å²) in [6.07, 6.45) is 0.602. The molecular formula is C19H23N5O3S. The van der Waals surface area contributed by atoms with Crippen molar-refractivity contribution in [1.82, 2.24) is 14.6 Å². The summed E-state index contributed by atoms with van der Waals surface area (Å²) >= 11 is 5.02. The third kappa shape index (κ3) is 3.45. The molecule has 1 aromatic heterocycles. The molecule has 148 valence electrons. The number of carbonyl (C=O) groups excluding carboxylic acids is 1. The number of hydrogen-bond acceptors (Lipinski definition) is 6. The van der Waals surface area contributed by atoms with E-state index in [1.807, 2.05) is 43.3 Å². The second kappa shape index (κ2) is 7.59. The van der Waals surface area contributed by atoms with Gasteiger partial charge in [-0.25, -0.2) is 5.01 Å². The molecule has 0 saturated heterocycles. The number of hydrogen-bond donors (Lipinski definition) is 2. The Hall–Kier alpha value is -2.94. The number of benzene rings is 1. The predicted molar refractivity (Wildman–Crippen MR) is 110 cm³/mol. The monoisotopic (exact) mass is 401 g/mol. The van der Waals surface area contributed by atoms with E-state index < -0.39 is 5.56 Å². The zero-order valence-corrected chi connectivity index (χ0v) is 17.1. The SMILES string of the molecule is CCC(=O)N1N=C(c2c(O)n(C)c(=S)[nH]c2=O)C[C@H]1c1ccc(N(C)C)cc1. The Balaban J connectivity index is 2.05. The van der Waals surface area contributed by atoms with Gasteiger partial charge in [0.05, 0.1) is 11.8 Å². The second-order valence-corrected chi connectivity index (χ2v) is 7.25. The van der Waals surface area contributed by atoms with Crippen molar-refractivity contribution in [2.24, 2.45) is 12.1 Å². The summed E-state index contributed by atoms with van der Waals surface area (Å²) in [5.41, 5.74) is 1.82. The van der Waals surface area contributed by atoms with E-state index in [9.17, 15) is 14.7 Å². The van der Waals surface area contributed by atoms with E-state index in [-0.39, 0.29) is 34.6 Å². The number of carbonyl (C=O) groups is 1. The number of rotatable bonds is 4. The molecule has 8 nitrogen and oxygen atoms in total. The first kappa shape index (κ1) is 19.8. The maximum absolute atomic E-state index is 12.5. The topological polar surface area (TPSA) is 93.9 Å². The number of aromatic amines is 1. The summed E-state index contributed by atoms with van der Waals surface area (Å²) in [5.74, 6) is -0.420. The van der Waals surface area contributed by atoms with Crippen LogP contribution in [0.5, 0.6) is 5.88 Å². The quantitative estimate of drug-likeness (QED) is 0.767. The molecule has 3 rings (SSSR count). The van der Waals surface area contributed by atoms with Crippen molar-refractivity contribution < 1.29 is 9.90 Å². The van der Waals surface area contributed by atoms with E-state index in [1.54, 1.807) is 14.0 Å². The molecule has 1 aliphatic heterocycles. The molecule has 1 amide bonds. The summed E-state index contributed by atoms with van der Waals surface area (Å²) in [6, 6.07) is 7.50. The van der Waals surface area contributed by atoms with Crippen LogP contribution < -0.4 is 10.5 Å². The van der Waals surface area contributed by atoms with Crippen LogP contribution in [0.25, 0.3) is 0 Å². The van der Waals surface area contributed by atoms with E-state index in [0.717, 1.165) is 11.3 Å². The lowest BCUT2D eigenvalue weighted by Crippen LogP contribution is -2.26. The third-order valence-electron chi connectivity index (χ3n) is 4.84. The molecule has 0 aliphatic carbocycles. The largest absolute Gasteiger partial charge is 0.494 e. The Morgan fingerprint density at radius 3 is 2.57 bits per heavy atom. The van der Waals surface area contributed by atoms with E-state index in [2.05, 4.69) is 10.1 Å². The highest BCUT2D eigenvalue weighted by Gasteiger charge is 2.34. The predicted octanol–water partition coefficient (Wildman–Crippen LogP) is 2.30. The third-order valence-corrected chi connectivity index (χ3v) is 5.22. The zero-order valence-electron chi connectivity index (χ0n) is 16.3. The van der Waals surface area contributed by atoms with Gasteiger partial charge in [0.15, 0.2) is 4.77 Å². The van der Waals surface area contributed by atoms with Crippen LogP contribution in [0, 0.1) is 4.77 Å². The van der Waals surface area contributed by atoms with Gasteiger partial charge in [-0.15, -0.1) is 0 Å². The standard InChI is InChI=1S/C19H23N5O3S/c1-5-15(25)24-14(11-6-8-12(9-7-11)22(2)3)10-13(21-24)16-17(26)20-19(28)23(4)18(16)27/h6-9,14,27H,5,10H2,1-4H3,(H,20,26,28)/t14-/m0/s1.